The normalized spacial score (nSPS) is 14.1. The lowest BCUT2D eigenvalue weighted by molar-refractivity contribution is 0.204. The van der Waals surface area contributed by atoms with Gasteiger partial charge in [0.05, 0.1) is 19.5 Å². The lowest BCUT2D eigenvalue weighted by Crippen LogP contribution is -2.42. The summed E-state index contributed by atoms with van der Waals surface area (Å²) in [7, 11) is -4.46. The standard InChI is InChI=1S/C18H32O6SSi/c1-18(2,3)26(5,6)24-13-15(14-25(19,20)21)11-12-23-17-9-7-16(22-4)8-10-17/h7-10,15H,11-14H2,1-6H3,(H,19,20,21)/t15-/m0/s1. The first kappa shape index (κ1) is 22.9. The van der Waals surface area contributed by atoms with Gasteiger partial charge in [-0.3, -0.25) is 4.55 Å². The van der Waals surface area contributed by atoms with Crippen LogP contribution in [0, 0.1) is 5.92 Å². The number of hydrogen-bond acceptors (Lipinski definition) is 5. The third kappa shape index (κ3) is 8.07. The quantitative estimate of drug-likeness (QED) is 0.469. The second-order valence-corrected chi connectivity index (χ2v) is 14.3. The molecule has 0 bridgehead atoms. The molecule has 0 aromatic heterocycles. The van der Waals surface area contributed by atoms with Gasteiger partial charge < -0.3 is 13.9 Å². The molecular weight excluding hydrogens is 372 g/mol. The molecule has 1 aromatic rings. The molecule has 150 valence electrons. The van der Waals surface area contributed by atoms with Crippen LogP contribution in [0.2, 0.25) is 18.1 Å². The Hall–Kier alpha value is -1.09. The number of hydrogen-bond donors (Lipinski definition) is 1. The van der Waals surface area contributed by atoms with E-state index in [1.807, 2.05) is 0 Å². The summed E-state index contributed by atoms with van der Waals surface area (Å²) < 4.78 is 48.8. The van der Waals surface area contributed by atoms with Crippen molar-refractivity contribution >= 4 is 18.4 Å². The third-order valence-electron chi connectivity index (χ3n) is 4.79. The van der Waals surface area contributed by atoms with Gasteiger partial charge >= 0.3 is 0 Å². The molecular formula is C18H32O6SSi. The second-order valence-electron chi connectivity index (χ2n) is 8.00. The minimum atomic E-state index is -4.07. The van der Waals surface area contributed by atoms with E-state index in [1.54, 1.807) is 31.4 Å². The zero-order valence-corrected chi connectivity index (χ0v) is 18.4. The maximum Gasteiger partial charge on any atom is 0.265 e. The van der Waals surface area contributed by atoms with E-state index in [4.69, 9.17) is 13.9 Å². The highest BCUT2D eigenvalue weighted by Gasteiger charge is 2.37. The lowest BCUT2D eigenvalue weighted by atomic mass is 10.1. The molecule has 0 fully saturated rings. The molecule has 0 aliphatic heterocycles. The van der Waals surface area contributed by atoms with E-state index >= 15 is 0 Å². The van der Waals surface area contributed by atoms with Crippen molar-refractivity contribution in [1.82, 2.24) is 0 Å². The third-order valence-corrected chi connectivity index (χ3v) is 10.2. The number of benzene rings is 1. The number of ether oxygens (including phenoxy) is 2. The molecule has 0 saturated heterocycles. The predicted octanol–water partition coefficient (Wildman–Crippen LogP) is 3.99. The van der Waals surface area contributed by atoms with Gasteiger partial charge in [0.25, 0.3) is 10.1 Å². The monoisotopic (exact) mass is 404 g/mol. The first-order valence-electron chi connectivity index (χ1n) is 8.70. The van der Waals surface area contributed by atoms with Crippen molar-refractivity contribution in [2.45, 2.75) is 45.3 Å². The largest absolute Gasteiger partial charge is 0.497 e. The van der Waals surface area contributed by atoms with Gasteiger partial charge in [-0.15, -0.1) is 0 Å². The first-order chi connectivity index (χ1) is 11.8. The Morgan fingerprint density at radius 2 is 1.65 bits per heavy atom. The Kier molecular flexibility index (Phi) is 8.13. The molecule has 0 aliphatic carbocycles. The van der Waals surface area contributed by atoms with E-state index in [0.29, 0.717) is 25.4 Å². The molecule has 1 aromatic carbocycles. The Balaban J connectivity index is 2.62. The summed E-state index contributed by atoms with van der Waals surface area (Å²) >= 11 is 0. The summed E-state index contributed by atoms with van der Waals surface area (Å²) in [5.74, 6) is 0.775. The molecule has 0 aliphatic rings. The van der Waals surface area contributed by atoms with Crippen molar-refractivity contribution < 1.29 is 26.9 Å². The van der Waals surface area contributed by atoms with Crippen LogP contribution in [0.3, 0.4) is 0 Å². The van der Waals surface area contributed by atoms with Crippen LogP contribution in [0.1, 0.15) is 27.2 Å². The fourth-order valence-electron chi connectivity index (χ4n) is 2.07. The average Bonchev–Trinajstić information content (AvgIpc) is 2.51. The van der Waals surface area contributed by atoms with Gasteiger partial charge in [-0.1, -0.05) is 20.8 Å². The van der Waals surface area contributed by atoms with Crippen molar-refractivity contribution in [2.75, 3.05) is 26.1 Å². The summed E-state index contributed by atoms with van der Waals surface area (Å²) in [5.41, 5.74) is 0. The Morgan fingerprint density at radius 1 is 1.12 bits per heavy atom. The van der Waals surface area contributed by atoms with Gasteiger partial charge in [0, 0.05) is 12.5 Å². The van der Waals surface area contributed by atoms with E-state index in [2.05, 4.69) is 33.9 Å². The zero-order valence-electron chi connectivity index (χ0n) is 16.6. The predicted molar refractivity (Wildman–Crippen MR) is 106 cm³/mol. The summed E-state index contributed by atoms with van der Waals surface area (Å²) in [5, 5.41) is 0.0369. The van der Waals surface area contributed by atoms with Crippen LogP contribution in [0.5, 0.6) is 11.5 Å². The Morgan fingerprint density at radius 3 is 2.12 bits per heavy atom. The number of methoxy groups -OCH3 is 1. The minimum absolute atomic E-state index is 0.0369. The molecule has 0 amide bonds. The van der Waals surface area contributed by atoms with Gasteiger partial charge in [0.15, 0.2) is 8.32 Å². The van der Waals surface area contributed by atoms with Crippen LogP contribution < -0.4 is 9.47 Å². The molecule has 0 spiro atoms. The highest BCUT2D eigenvalue weighted by molar-refractivity contribution is 7.85. The van der Waals surface area contributed by atoms with E-state index in [9.17, 15) is 13.0 Å². The van der Waals surface area contributed by atoms with Crippen LogP contribution >= 0.6 is 0 Å². The molecule has 6 nitrogen and oxygen atoms in total. The van der Waals surface area contributed by atoms with Crippen LogP contribution in [0.25, 0.3) is 0 Å². The van der Waals surface area contributed by atoms with Gasteiger partial charge in [-0.05, 0) is 48.8 Å². The van der Waals surface area contributed by atoms with Crippen LogP contribution in [-0.2, 0) is 14.5 Å². The fraction of sp³-hybridized carbons (Fsp3) is 0.667. The smallest absolute Gasteiger partial charge is 0.265 e. The summed E-state index contributed by atoms with van der Waals surface area (Å²) in [6, 6.07) is 7.18. The van der Waals surface area contributed by atoms with E-state index in [1.165, 1.54) is 0 Å². The average molecular weight is 405 g/mol. The zero-order chi connectivity index (χ0) is 20.0. The van der Waals surface area contributed by atoms with E-state index in [0.717, 1.165) is 5.75 Å². The minimum Gasteiger partial charge on any atom is -0.497 e. The topological polar surface area (TPSA) is 82.1 Å². The van der Waals surface area contributed by atoms with Gasteiger partial charge in [0.1, 0.15) is 11.5 Å². The van der Waals surface area contributed by atoms with Crippen molar-refractivity contribution in [1.29, 1.82) is 0 Å². The van der Waals surface area contributed by atoms with Crippen LogP contribution in [0.4, 0.5) is 0 Å². The van der Waals surface area contributed by atoms with Crippen LogP contribution in [-0.4, -0.2) is 47.4 Å². The number of rotatable bonds is 10. The molecule has 0 radical (unpaired) electrons. The maximum atomic E-state index is 11.3. The molecule has 1 atom stereocenters. The van der Waals surface area contributed by atoms with Crippen molar-refractivity contribution in [3.05, 3.63) is 24.3 Å². The second kappa shape index (κ2) is 9.21. The van der Waals surface area contributed by atoms with Gasteiger partial charge in [-0.2, -0.15) is 8.42 Å². The summed E-state index contributed by atoms with van der Waals surface area (Å²) in [4.78, 5) is 0. The maximum absolute atomic E-state index is 11.3. The highest BCUT2D eigenvalue weighted by Crippen LogP contribution is 2.37. The fourth-order valence-corrected chi connectivity index (χ4v) is 4.01. The molecule has 0 unspecified atom stereocenters. The molecule has 1 N–H and O–H groups in total. The Bertz CT molecular complexity index is 649. The van der Waals surface area contributed by atoms with Crippen LogP contribution in [0.15, 0.2) is 24.3 Å². The molecule has 0 heterocycles. The first-order valence-corrected chi connectivity index (χ1v) is 13.2. The SMILES string of the molecule is COc1ccc(OCC[C@@H](CO[Si](C)(C)C(C)(C)C)CS(=O)(=O)O)cc1. The lowest BCUT2D eigenvalue weighted by Gasteiger charge is -2.37. The molecule has 8 heteroatoms. The van der Waals surface area contributed by atoms with Crippen molar-refractivity contribution in [3.8, 4) is 11.5 Å². The summed E-state index contributed by atoms with van der Waals surface area (Å²) in [6.07, 6.45) is 0.473. The van der Waals surface area contributed by atoms with Crippen molar-refractivity contribution in [2.24, 2.45) is 5.92 Å². The highest BCUT2D eigenvalue weighted by atomic mass is 32.2. The van der Waals surface area contributed by atoms with Gasteiger partial charge in [0.2, 0.25) is 0 Å². The molecule has 26 heavy (non-hydrogen) atoms. The Labute approximate surface area is 158 Å². The molecule has 1 rings (SSSR count). The summed E-state index contributed by atoms with van der Waals surface area (Å²) in [6.45, 7) is 11.3. The van der Waals surface area contributed by atoms with Crippen molar-refractivity contribution in [3.63, 3.8) is 0 Å². The van der Waals surface area contributed by atoms with E-state index < -0.39 is 18.4 Å². The molecule has 0 saturated carbocycles. The van der Waals surface area contributed by atoms with E-state index in [-0.39, 0.29) is 16.7 Å². The van der Waals surface area contributed by atoms with Gasteiger partial charge in [-0.25, -0.2) is 0 Å².